The number of aromatic nitrogens is 2. The molecule has 7 nitrogen and oxygen atoms in total. The molecular formula is C14H19N3O4S. The molecular weight excluding hydrogens is 306 g/mol. The maximum atomic E-state index is 12.0. The number of sulfonamides is 1. The minimum Gasteiger partial charge on any atom is -0.292 e. The number of fused-ring (bicyclic) bond motifs is 1. The molecule has 1 amide bonds. The highest BCUT2D eigenvalue weighted by Gasteiger charge is 2.26. The molecule has 0 radical (unpaired) electrons. The fourth-order valence-corrected chi connectivity index (χ4v) is 3.92. The van der Waals surface area contributed by atoms with Crippen molar-refractivity contribution in [1.29, 1.82) is 0 Å². The molecule has 1 aromatic rings. The fourth-order valence-electron chi connectivity index (χ4n) is 2.79. The lowest BCUT2D eigenvalue weighted by molar-refractivity contribution is 0.0947. The van der Waals surface area contributed by atoms with Crippen molar-refractivity contribution < 1.29 is 18.0 Å². The van der Waals surface area contributed by atoms with Crippen LogP contribution in [0, 0.1) is 5.92 Å². The van der Waals surface area contributed by atoms with Gasteiger partial charge in [-0.2, -0.15) is 5.10 Å². The number of carbonyl (C=O) groups excluding carboxylic acids is 2. The first kappa shape index (κ1) is 15.2. The molecule has 2 heterocycles. The Bertz CT molecular complexity index is 704. The normalized spacial score (nSPS) is 18.6. The Hall–Kier alpha value is -1.70. The Kier molecular flexibility index (Phi) is 4.03. The second-order valence-corrected chi connectivity index (χ2v) is 7.84. The summed E-state index contributed by atoms with van der Waals surface area (Å²) >= 11 is 0. The number of amides is 1. The number of carbonyl (C=O) groups is 2. The van der Waals surface area contributed by atoms with Crippen LogP contribution >= 0.6 is 0 Å². The molecule has 1 aromatic heterocycles. The van der Waals surface area contributed by atoms with Crippen LogP contribution in [0.4, 0.5) is 0 Å². The first-order valence-corrected chi connectivity index (χ1v) is 9.26. The van der Waals surface area contributed by atoms with Gasteiger partial charge >= 0.3 is 0 Å². The van der Waals surface area contributed by atoms with E-state index in [0.717, 1.165) is 19.3 Å². The second kappa shape index (κ2) is 5.83. The summed E-state index contributed by atoms with van der Waals surface area (Å²) in [5, 5.41) is 4.03. The van der Waals surface area contributed by atoms with Crippen LogP contribution in [-0.2, 0) is 16.6 Å². The van der Waals surface area contributed by atoms with E-state index in [1.807, 2.05) is 4.72 Å². The third-order valence-electron chi connectivity index (χ3n) is 4.34. The maximum absolute atomic E-state index is 12.0. The van der Waals surface area contributed by atoms with Gasteiger partial charge in [0.25, 0.3) is 5.91 Å². The third kappa shape index (κ3) is 3.21. The number of Topliss-reactive ketones (excluding diaryl/α,β-unsaturated/α-hetero) is 1. The van der Waals surface area contributed by atoms with Crippen molar-refractivity contribution >= 4 is 21.7 Å². The summed E-state index contributed by atoms with van der Waals surface area (Å²) in [6.45, 7) is 0.572. The molecule has 2 aliphatic rings. The summed E-state index contributed by atoms with van der Waals surface area (Å²) in [7, 11) is -3.65. The van der Waals surface area contributed by atoms with Gasteiger partial charge in [0.1, 0.15) is 5.69 Å². The molecule has 0 bridgehead atoms. The lowest BCUT2D eigenvalue weighted by atomic mass is 9.84. The first-order valence-electron chi connectivity index (χ1n) is 7.60. The van der Waals surface area contributed by atoms with E-state index in [1.165, 1.54) is 10.7 Å². The lowest BCUT2D eigenvalue weighted by Gasteiger charge is -2.24. The molecule has 1 saturated carbocycles. The van der Waals surface area contributed by atoms with Gasteiger partial charge in [-0.25, -0.2) is 13.1 Å². The minimum atomic E-state index is -3.65. The maximum Gasteiger partial charge on any atom is 0.285 e. The van der Waals surface area contributed by atoms with Crippen molar-refractivity contribution in [1.82, 2.24) is 14.5 Å². The molecule has 0 aromatic carbocycles. The zero-order chi connectivity index (χ0) is 15.7. The Morgan fingerprint density at radius 2 is 2.14 bits per heavy atom. The Balaban J connectivity index is 1.64. The fraction of sp³-hybridized carbons (Fsp3) is 0.643. The van der Waals surface area contributed by atoms with Crippen molar-refractivity contribution in [2.75, 3.05) is 5.75 Å². The van der Waals surface area contributed by atoms with Crippen LogP contribution in [0.25, 0.3) is 0 Å². The Labute approximate surface area is 129 Å². The van der Waals surface area contributed by atoms with Gasteiger partial charge in [0.15, 0.2) is 11.5 Å². The largest absolute Gasteiger partial charge is 0.292 e. The van der Waals surface area contributed by atoms with E-state index in [4.69, 9.17) is 0 Å². The number of ketones is 1. The topological polar surface area (TPSA) is 98.1 Å². The minimum absolute atomic E-state index is 0.0162. The molecule has 0 unspecified atom stereocenters. The predicted molar refractivity (Wildman–Crippen MR) is 79.0 cm³/mol. The number of aryl methyl sites for hydroxylation is 1. The van der Waals surface area contributed by atoms with Gasteiger partial charge in [0, 0.05) is 19.0 Å². The number of nitrogens with one attached hydrogen (secondary N) is 1. The van der Waals surface area contributed by atoms with Gasteiger partial charge < -0.3 is 0 Å². The van der Waals surface area contributed by atoms with Crippen LogP contribution in [0.3, 0.4) is 0 Å². The highest BCUT2D eigenvalue weighted by Crippen LogP contribution is 2.29. The van der Waals surface area contributed by atoms with Crippen molar-refractivity contribution in [2.24, 2.45) is 5.92 Å². The van der Waals surface area contributed by atoms with Crippen LogP contribution in [0.1, 0.15) is 59.5 Å². The Morgan fingerprint density at radius 1 is 1.36 bits per heavy atom. The standard InChI is InChI=1S/C14H19N3O4S/c18-13-5-2-7-17-12(13)9-11(15-17)14(19)16-22(20,21)8-6-10-3-1-4-10/h9-10H,1-8H2,(H,16,19). The molecule has 120 valence electrons. The molecule has 1 fully saturated rings. The third-order valence-corrected chi connectivity index (χ3v) is 5.61. The molecule has 0 atom stereocenters. The van der Waals surface area contributed by atoms with Crippen LogP contribution < -0.4 is 4.72 Å². The van der Waals surface area contributed by atoms with E-state index in [0.29, 0.717) is 37.4 Å². The van der Waals surface area contributed by atoms with Crippen LogP contribution in [0.5, 0.6) is 0 Å². The summed E-state index contributed by atoms with van der Waals surface area (Å²) in [5.41, 5.74) is 0.362. The summed E-state index contributed by atoms with van der Waals surface area (Å²) in [5.74, 6) is -0.409. The van der Waals surface area contributed by atoms with Gasteiger partial charge in [-0.15, -0.1) is 0 Å². The van der Waals surface area contributed by atoms with Crippen molar-refractivity contribution in [2.45, 2.75) is 45.1 Å². The van der Waals surface area contributed by atoms with E-state index in [1.54, 1.807) is 0 Å². The first-order chi connectivity index (χ1) is 10.4. The SMILES string of the molecule is O=C(NS(=O)(=O)CCC1CCC1)c1cc2n(n1)CCCC2=O. The molecule has 0 saturated heterocycles. The van der Waals surface area contributed by atoms with Crippen molar-refractivity contribution in [3.05, 3.63) is 17.5 Å². The molecule has 3 rings (SSSR count). The monoisotopic (exact) mass is 325 g/mol. The summed E-state index contributed by atoms with van der Waals surface area (Å²) < 4.78 is 27.4. The van der Waals surface area contributed by atoms with E-state index in [9.17, 15) is 18.0 Å². The molecule has 0 spiro atoms. The quantitative estimate of drug-likeness (QED) is 0.874. The average molecular weight is 325 g/mol. The zero-order valence-corrected chi connectivity index (χ0v) is 13.1. The van der Waals surface area contributed by atoms with E-state index in [-0.39, 0.29) is 17.2 Å². The molecule has 1 N–H and O–H groups in total. The van der Waals surface area contributed by atoms with Crippen LogP contribution in [0.2, 0.25) is 0 Å². The highest BCUT2D eigenvalue weighted by molar-refractivity contribution is 7.90. The number of rotatable bonds is 5. The lowest BCUT2D eigenvalue weighted by Crippen LogP contribution is -2.34. The average Bonchev–Trinajstić information content (AvgIpc) is 2.81. The van der Waals surface area contributed by atoms with E-state index in [2.05, 4.69) is 5.10 Å². The number of nitrogens with zero attached hydrogens (tertiary/aromatic N) is 2. The molecule has 1 aliphatic heterocycles. The molecule has 22 heavy (non-hydrogen) atoms. The predicted octanol–water partition coefficient (Wildman–Crippen LogP) is 1.11. The van der Waals surface area contributed by atoms with Gasteiger partial charge in [-0.3, -0.25) is 14.3 Å². The van der Waals surface area contributed by atoms with Gasteiger partial charge in [0.05, 0.1) is 5.75 Å². The highest BCUT2D eigenvalue weighted by atomic mass is 32.2. The molecule has 8 heteroatoms. The number of hydrogen-bond donors (Lipinski definition) is 1. The zero-order valence-electron chi connectivity index (χ0n) is 12.2. The Morgan fingerprint density at radius 3 is 2.77 bits per heavy atom. The second-order valence-electron chi connectivity index (χ2n) is 6.00. The van der Waals surface area contributed by atoms with Crippen LogP contribution in [-0.4, -0.2) is 35.6 Å². The smallest absolute Gasteiger partial charge is 0.285 e. The van der Waals surface area contributed by atoms with Crippen LogP contribution in [0.15, 0.2) is 6.07 Å². The number of hydrogen-bond acceptors (Lipinski definition) is 5. The van der Waals surface area contributed by atoms with Crippen molar-refractivity contribution in [3.8, 4) is 0 Å². The van der Waals surface area contributed by atoms with Gasteiger partial charge in [0.2, 0.25) is 10.0 Å². The molecule has 1 aliphatic carbocycles. The summed E-state index contributed by atoms with van der Waals surface area (Å²) in [6.07, 6.45) is 5.01. The van der Waals surface area contributed by atoms with Gasteiger partial charge in [-0.1, -0.05) is 19.3 Å². The van der Waals surface area contributed by atoms with E-state index < -0.39 is 15.9 Å². The summed E-state index contributed by atoms with van der Waals surface area (Å²) in [4.78, 5) is 23.7. The van der Waals surface area contributed by atoms with Crippen molar-refractivity contribution in [3.63, 3.8) is 0 Å². The van der Waals surface area contributed by atoms with Gasteiger partial charge in [-0.05, 0) is 18.8 Å². The van der Waals surface area contributed by atoms with E-state index >= 15 is 0 Å². The summed E-state index contributed by atoms with van der Waals surface area (Å²) in [6, 6.07) is 1.37.